The number of carbonyl (C=O) groups excluding carboxylic acids is 1. The molecule has 1 aromatic heterocycles. The molecule has 0 saturated carbocycles. The van der Waals surface area contributed by atoms with Crippen LogP contribution in [0.25, 0.3) is 0 Å². The maximum atomic E-state index is 12.1. The van der Waals surface area contributed by atoms with E-state index in [9.17, 15) is 14.7 Å². The van der Waals surface area contributed by atoms with Gasteiger partial charge < -0.3 is 19.2 Å². The van der Waals surface area contributed by atoms with Crippen LogP contribution in [-0.2, 0) is 16.0 Å². The molecule has 2 heterocycles. The van der Waals surface area contributed by atoms with Gasteiger partial charge in [-0.25, -0.2) is 4.79 Å². The van der Waals surface area contributed by atoms with Gasteiger partial charge in [0.1, 0.15) is 5.60 Å². The van der Waals surface area contributed by atoms with E-state index in [-0.39, 0.29) is 6.54 Å². The quantitative estimate of drug-likeness (QED) is 0.927. The Hall–Kier alpha value is -1.98. The summed E-state index contributed by atoms with van der Waals surface area (Å²) in [6.45, 7) is 5.91. The standard InChI is InChI=1S/C15H21NO5/c1-14(2,3)21-13(19)16-6-5-15(10-16,12(17)18)8-11-4-7-20-9-11/h4,7,9H,5-6,8,10H2,1-3H3,(H,17,18). The first-order chi connectivity index (χ1) is 9.72. The molecule has 0 radical (unpaired) electrons. The predicted octanol–water partition coefficient (Wildman–Crippen LogP) is 2.53. The molecule has 1 aromatic rings. The van der Waals surface area contributed by atoms with Crippen molar-refractivity contribution in [3.8, 4) is 0 Å². The highest BCUT2D eigenvalue weighted by Gasteiger charge is 2.47. The number of ether oxygens (including phenoxy) is 1. The van der Waals surface area contributed by atoms with Crippen LogP contribution in [0, 0.1) is 5.41 Å². The summed E-state index contributed by atoms with van der Waals surface area (Å²) in [5.41, 5.74) is -0.736. The summed E-state index contributed by atoms with van der Waals surface area (Å²) in [6.07, 6.45) is 3.36. The van der Waals surface area contributed by atoms with E-state index in [1.165, 1.54) is 11.2 Å². The fourth-order valence-corrected chi connectivity index (χ4v) is 2.53. The van der Waals surface area contributed by atoms with Gasteiger partial charge in [-0.15, -0.1) is 0 Å². The molecule has 6 heteroatoms. The van der Waals surface area contributed by atoms with Crippen molar-refractivity contribution in [1.29, 1.82) is 0 Å². The smallest absolute Gasteiger partial charge is 0.410 e. The third-order valence-corrected chi connectivity index (χ3v) is 3.58. The third-order valence-electron chi connectivity index (χ3n) is 3.58. The molecule has 0 bridgehead atoms. The molecular formula is C15H21NO5. The van der Waals surface area contributed by atoms with E-state index in [1.54, 1.807) is 33.1 Å². The third kappa shape index (κ3) is 3.56. The second kappa shape index (κ2) is 5.42. The molecular weight excluding hydrogens is 274 g/mol. The van der Waals surface area contributed by atoms with Gasteiger partial charge in [-0.3, -0.25) is 4.79 Å². The maximum absolute atomic E-state index is 12.1. The number of carboxylic acid groups (broad SMARTS) is 1. The molecule has 1 N–H and O–H groups in total. The molecule has 1 fully saturated rings. The first-order valence-electron chi connectivity index (χ1n) is 6.94. The molecule has 1 saturated heterocycles. The molecule has 1 unspecified atom stereocenters. The Bertz CT molecular complexity index is 517. The summed E-state index contributed by atoms with van der Waals surface area (Å²) in [5.74, 6) is -0.894. The van der Waals surface area contributed by atoms with Gasteiger partial charge in [-0.1, -0.05) is 0 Å². The number of aliphatic carboxylic acids is 1. The average molecular weight is 295 g/mol. The van der Waals surface area contributed by atoms with Crippen LogP contribution in [0.3, 0.4) is 0 Å². The minimum Gasteiger partial charge on any atom is -0.481 e. The second-order valence-corrected chi connectivity index (χ2v) is 6.55. The summed E-state index contributed by atoms with van der Waals surface area (Å²) in [5, 5.41) is 9.59. The fraction of sp³-hybridized carbons (Fsp3) is 0.600. The van der Waals surface area contributed by atoms with Crippen LogP contribution in [0.1, 0.15) is 32.8 Å². The lowest BCUT2D eigenvalue weighted by atomic mass is 9.81. The molecule has 1 aliphatic heterocycles. The molecule has 0 aliphatic carbocycles. The molecule has 0 spiro atoms. The Kier molecular flexibility index (Phi) is 3.98. The molecule has 21 heavy (non-hydrogen) atoms. The molecule has 1 atom stereocenters. The van der Waals surface area contributed by atoms with Crippen molar-refractivity contribution in [3.05, 3.63) is 24.2 Å². The summed E-state index contributed by atoms with van der Waals surface area (Å²) < 4.78 is 10.3. The summed E-state index contributed by atoms with van der Waals surface area (Å²) in [7, 11) is 0. The Labute approximate surface area is 123 Å². The van der Waals surface area contributed by atoms with Crippen molar-refractivity contribution in [2.24, 2.45) is 5.41 Å². The highest BCUT2D eigenvalue weighted by Crippen LogP contribution is 2.35. The Morgan fingerprint density at radius 2 is 2.19 bits per heavy atom. The second-order valence-electron chi connectivity index (χ2n) is 6.55. The van der Waals surface area contributed by atoms with E-state index in [2.05, 4.69) is 0 Å². The highest BCUT2D eigenvalue weighted by atomic mass is 16.6. The number of nitrogens with zero attached hydrogens (tertiary/aromatic N) is 1. The van der Waals surface area contributed by atoms with Crippen molar-refractivity contribution < 1.29 is 23.8 Å². The van der Waals surface area contributed by atoms with Crippen LogP contribution < -0.4 is 0 Å². The van der Waals surface area contributed by atoms with Crippen LogP contribution in [0.5, 0.6) is 0 Å². The van der Waals surface area contributed by atoms with Gasteiger partial charge in [0.15, 0.2) is 0 Å². The Morgan fingerprint density at radius 3 is 2.71 bits per heavy atom. The number of carboxylic acids is 1. The summed E-state index contributed by atoms with van der Waals surface area (Å²) in [4.78, 5) is 25.2. The average Bonchev–Trinajstić information content (AvgIpc) is 2.97. The number of furan rings is 1. The topological polar surface area (TPSA) is 80.0 Å². The number of amides is 1. The van der Waals surface area contributed by atoms with E-state index in [1.807, 2.05) is 0 Å². The van der Waals surface area contributed by atoms with Crippen molar-refractivity contribution in [2.45, 2.75) is 39.2 Å². The lowest BCUT2D eigenvalue weighted by Gasteiger charge is -2.26. The number of hydrogen-bond donors (Lipinski definition) is 1. The van der Waals surface area contributed by atoms with Crippen molar-refractivity contribution in [1.82, 2.24) is 4.90 Å². The zero-order valence-corrected chi connectivity index (χ0v) is 12.6. The maximum Gasteiger partial charge on any atom is 0.410 e. The Balaban J connectivity index is 2.09. The Morgan fingerprint density at radius 1 is 1.48 bits per heavy atom. The number of hydrogen-bond acceptors (Lipinski definition) is 4. The number of likely N-dealkylation sites (tertiary alicyclic amines) is 1. The number of carbonyl (C=O) groups is 2. The molecule has 1 amide bonds. The van der Waals surface area contributed by atoms with Crippen molar-refractivity contribution in [3.63, 3.8) is 0 Å². The minimum atomic E-state index is -0.971. The van der Waals surface area contributed by atoms with Crippen LogP contribution in [0.15, 0.2) is 23.0 Å². The van der Waals surface area contributed by atoms with Crippen LogP contribution in [0.4, 0.5) is 4.79 Å². The fourth-order valence-electron chi connectivity index (χ4n) is 2.53. The highest BCUT2D eigenvalue weighted by molar-refractivity contribution is 5.78. The molecule has 2 rings (SSSR count). The molecule has 1 aliphatic rings. The van der Waals surface area contributed by atoms with Crippen LogP contribution in [0.2, 0.25) is 0 Å². The van der Waals surface area contributed by atoms with Gasteiger partial charge in [0.25, 0.3) is 0 Å². The zero-order chi connectivity index (χ0) is 15.7. The summed E-state index contributed by atoms with van der Waals surface area (Å²) >= 11 is 0. The lowest BCUT2D eigenvalue weighted by Crippen LogP contribution is -2.40. The van der Waals surface area contributed by atoms with Gasteiger partial charge in [0.05, 0.1) is 17.9 Å². The molecule has 6 nitrogen and oxygen atoms in total. The molecule has 116 valence electrons. The zero-order valence-electron chi connectivity index (χ0n) is 12.6. The summed E-state index contributed by atoms with van der Waals surface area (Å²) in [6, 6.07) is 1.75. The van der Waals surface area contributed by atoms with E-state index in [4.69, 9.17) is 9.15 Å². The first-order valence-corrected chi connectivity index (χ1v) is 6.94. The number of rotatable bonds is 3. The lowest BCUT2D eigenvalue weighted by molar-refractivity contribution is -0.148. The monoisotopic (exact) mass is 295 g/mol. The van der Waals surface area contributed by atoms with Crippen LogP contribution >= 0.6 is 0 Å². The van der Waals surface area contributed by atoms with Crippen molar-refractivity contribution in [2.75, 3.05) is 13.1 Å². The minimum absolute atomic E-state index is 0.155. The van der Waals surface area contributed by atoms with Gasteiger partial charge in [0.2, 0.25) is 0 Å². The van der Waals surface area contributed by atoms with E-state index in [0.717, 1.165) is 5.56 Å². The molecule has 0 aromatic carbocycles. The van der Waals surface area contributed by atoms with E-state index in [0.29, 0.717) is 19.4 Å². The van der Waals surface area contributed by atoms with E-state index < -0.39 is 23.1 Å². The SMILES string of the molecule is CC(C)(C)OC(=O)N1CCC(Cc2ccoc2)(C(=O)O)C1. The van der Waals surface area contributed by atoms with E-state index >= 15 is 0 Å². The first kappa shape index (κ1) is 15.4. The predicted molar refractivity (Wildman–Crippen MR) is 74.9 cm³/mol. The van der Waals surface area contributed by atoms with Crippen molar-refractivity contribution >= 4 is 12.1 Å². The van der Waals surface area contributed by atoms with Gasteiger partial charge in [0, 0.05) is 13.1 Å². The van der Waals surface area contributed by atoms with Crippen LogP contribution in [-0.4, -0.2) is 40.8 Å². The largest absolute Gasteiger partial charge is 0.481 e. The van der Waals surface area contributed by atoms with Gasteiger partial charge in [-0.2, -0.15) is 0 Å². The normalized spacial score (nSPS) is 22.3. The van der Waals surface area contributed by atoms with Gasteiger partial charge in [-0.05, 0) is 45.2 Å². The van der Waals surface area contributed by atoms with Gasteiger partial charge >= 0.3 is 12.1 Å².